The van der Waals surface area contributed by atoms with Gasteiger partial charge in [-0.3, -0.25) is 9.59 Å². The van der Waals surface area contributed by atoms with E-state index in [2.05, 4.69) is 5.32 Å². The van der Waals surface area contributed by atoms with Crippen molar-refractivity contribution in [2.75, 3.05) is 6.54 Å². The van der Waals surface area contributed by atoms with E-state index in [9.17, 15) is 9.59 Å². The number of benzene rings is 1. The van der Waals surface area contributed by atoms with Crippen LogP contribution in [0.25, 0.3) is 0 Å². The molecule has 1 aromatic rings. The van der Waals surface area contributed by atoms with Crippen LogP contribution in [-0.4, -0.2) is 29.3 Å². The third-order valence-corrected chi connectivity index (χ3v) is 4.08. The van der Waals surface area contributed by atoms with Crippen LogP contribution in [-0.2, 0) is 16.1 Å². The predicted octanol–water partition coefficient (Wildman–Crippen LogP) is 2.26. The van der Waals surface area contributed by atoms with Crippen molar-refractivity contribution in [3.63, 3.8) is 0 Å². The highest BCUT2D eigenvalue weighted by molar-refractivity contribution is 5.89. The molecule has 0 aromatic heterocycles. The van der Waals surface area contributed by atoms with Gasteiger partial charge in [-0.15, -0.1) is 0 Å². The van der Waals surface area contributed by atoms with E-state index in [1.807, 2.05) is 45.0 Å². The van der Waals surface area contributed by atoms with Crippen LogP contribution in [0.3, 0.4) is 0 Å². The third-order valence-electron chi connectivity index (χ3n) is 4.08. The lowest BCUT2D eigenvalue weighted by atomic mass is 10.1. The minimum absolute atomic E-state index is 0.00380. The van der Waals surface area contributed by atoms with Crippen molar-refractivity contribution in [1.82, 2.24) is 10.2 Å². The van der Waals surface area contributed by atoms with E-state index in [1.54, 1.807) is 4.90 Å². The minimum Gasteiger partial charge on any atom is -0.353 e. The predicted molar refractivity (Wildman–Crippen MR) is 82.6 cm³/mol. The van der Waals surface area contributed by atoms with Crippen molar-refractivity contribution in [1.29, 1.82) is 0 Å². The molecule has 1 aliphatic heterocycles. The molecule has 1 aliphatic rings. The summed E-state index contributed by atoms with van der Waals surface area (Å²) in [5.74, 6) is -0.138. The molecule has 2 amide bonds. The average Bonchev–Trinajstić information content (AvgIpc) is 2.82. The van der Waals surface area contributed by atoms with Crippen LogP contribution in [0, 0.1) is 12.8 Å². The van der Waals surface area contributed by atoms with Gasteiger partial charge >= 0.3 is 0 Å². The van der Waals surface area contributed by atoms with Crippen molar-refractivity contribution in [2.45, 2.75) is 46.2 Å². The van der Waals surface area contributed by atoms with Crippen molar-refractivity contribution >= 4 is 11.8 Å². The first-order valence-electron chi connectivity index (χ1n) is 7.63. The van der Waals surface area contributed by atoms with Gasteiger partial charge in [0.2, 0.25) is 11.8 Å². The van der Waals surface area contributed by atoms with Gasteiger partial charge in [-0.1, -0.05) is 36.8 Å². The van der Waals surface area contributed by atoms with Crippen molar-refractivity contribution in [3.05, 3.63) is 35.4 Å². The maximum Gasteiger partial charge on any atom is 0.225 e. The molecule has 2 unspecified atom stereocenters. The van der Waals surface area contributed by atoms with Gasteiger partial charge in [0.25, 0.3) is 0 Å². The van der Waals surface area contributed by atoms with Crippen molar-refractivity contribution < 1.29 is 9.59 Å². The molecule has 0 radical (unpaired) electrons. The van der Waals surface area contributed by atoms with Crippen LogP contribution < -0.4 is 5.32 Å². The zero-order valence-corrected chi connectivity index (χ0v) is 13.1. The molecule has 1 saturated heterocycles. The molecule has 0 saturated carbocycles. The summed E-state index contributed by atoms with van der Waals surface area (Å²) in [4.78, 5) is 26.0. The first-order chi connectivity index (χ1) is 9.99. The number of carbonyl (C=O) groups is 2. The molecule has 0 spiro atoms. The number of carbonyl (C=O) groups excluding carboxylic acids is 2. The molecule has 4 heteroatoms. The molecule has 0 bridgehead atoms. The Hall–Kier alpha value is -1.84. The molecule has 21 heavy (non-hydrogen) atoms. The second kappa shape index (κ2) is 6.74. The first-order valence-corrected chi connectivity index (χ1v) is 7.63. The maximum absolute atomic E-state index is 12.1. The molecular formula is C17H24N2O2. The number of nitrogens with one attached hydrogen (secondary N) is 1. The Morgan fingerprint density at radius 1 is 1.38 bits per heavy atom. The van der Waals surface area contributed by atoms with Crippen LogP contribution in [0.4, 0.5) is 0 Å². The largest absolute Gasteiger partial charge is 0.353 e. The number of hydrogen-bond acceptors (Lipinski definition) is 2. The lowest BCUT2D eigenvalue weighted by molar-refractivity contribution is -0.129. The molecule has 1 fully saturated rings. The quantitative estimate of drug-likeness (QED) is 0.903. The second-order valence-electron chi connectivity index (χ2n) is 5.98. The number of amides is 2. The summed E-state index contributed by atoms with van der Waals surface area (Å²) in [7, 11) is 0. The number of likely N-dealkylation sites (tertiary alicyclic amines) is 1. The fourth-order valence-corrected chi connectivity index (χ4v) is 2.48. The fourth-order valence-electron chi connectivity index (χ4n) is 2.48. The van der Waals surface area contributed by atoms with E-state index < -0.39 is 0 Å². The number of hydrogen-bond donors (Lipinski definition) is 1. The van der Waals surface area contributed by atoms with Gasteiger partial charge in [-0.2, -0.15) is 0 Å². The normalized spacial score (nSPS) is 19.7. The highest BCUT2D eigenvalue weighted by Gasteiger charge is 2.34. The molecule has 1 heterocycles. The Labute approximate surface area is 126 Å². The first kappa shape index (κ1) is 15.5. The van der Waals surface area contributed by atoms with Gasteiger partial charge in [0.05, 0.1) is 5.92 Å². The fraction of sp³-hybridized carbons (Fsp3) is 0.529. The Morgan fingerprint density at radius 2 is 2.05 bits per heavy atom. The molecular weight excluding hydrogens is 264 g/mol. The van der Waals surface area contributed by atoms with Gasteiger partial charge in [-0.25, -0.2) is 0 Å². The Bertz CT molecular complexity index is 510. The van der Waals surface area contributed by atoms with Crippen LogP contribution in [0.5, 0.6) is 0 Å². The van der Waals surface area contributed by atoms with Gasteiger partial charge < -0.3 is 10.2 Å². The van der Waals surface area contributed by atoms with Gasteiger partial charge in [0.15, 0.2) is 0 Å². The van der Waals surface area contributed by atoms with Crippen LogP contribution >= 0.6 is 0 Å². The van der Waals surface area contributed by atoms with Gasteiger partial charge in [0, 0.05) is 25.6 Å². The van der Waals surface area contributed by atoms with Crippen LogP contribution in [0.15, 0.2) is 24.3 Å². The van der Waals surface area contributed by atoms with E-state index in [-0.39, 0.29) is 23.8 Å². The highest BCUT2D eigenvalue weighted by Crippen LogP contribution is 2.20. The Balaban J connectivity index is 1.93. The summed E-state index contributed by atoms with van der Waals surface area (Å²) < 4.78 is 0. The Morgan fingerprint density at radius 3 is 2.67 bits per heavy atom. The minimum atomic E-state index is -0.211. The summed E-state index contributed by atoms with van der Waals surface area (Å²) in [5, 5.41) is 2.97. The molecule has 1 N–H and O–H groups in total. The smallest absolute Gasteiger partial charge is 0.225 e. The van der Waals surface area contributed by atoms with E-state index in [0.29, 0.717) is 19.5 Å². The van der Waals surface area contributed by atoms with E-state index in [0.717, 1.165) is 12.0 Å². The zero-order valence-electron chi connectivity index (χ0n) is 13.1. The van der Waals surface area contributed by atoms with E-state index >= 15 is 0 Å². The average molecular weight is 288 g/mol. The number of nitrogens with zero attached hydrogens (tertiary/aromatic N) is 1. The summed E-state index contributed by atoms with van der Waals surface area (Å²) >= 11 is 0. The number of aryl methyl sites for hydroxylation is 1. The SMILES string of the molecule is CCC(C)NC(=O)C1CC(=O)N(Cc2ccc(C)cc2)C1. The molecule has 2 rings (SSSR count). The van der Waals surface area contributed by atoms with Crippen molar-refractivity contribution in [3.8, 4) is 0 Å². The molecule has 0 aliphatic carbocycles. The number of rotatable bonds is 5. The Kier molecular flexibility index (Phi) is 4.99. The highest BCUT2D eigenvalue weighted by atomic mass is 16.2. The van der Waals surface area contributed by atoms with Crippen LogP contribution in [0.2, 0.25) is 0 Å². The summed E-state index contributed by atoms with van der Waals surface area (Å²) in [6.07, 6.45) is 1.23. The standard InChI is InChI=1S/C17H24N2O2/c1-4-13(3)18-17(21)15-9-16(20)19(11-15)10-14-7-5-12(2)6-8-14/h5-8,13,15H,4,9-11H2,1-3H3,(H,18,21). The second-order valence-corrected chi connectivity index (χ2v) is 5.98. The van der Waals surface area contributed by atoms with Crippen LogP contribution in [0.1, 0.15) is 37.8 Å². The summed E-state index contributed by atoms with van der Waals surface area (Å²) in [6, 6.07) is 8.33. The van der Waals surface area contributed by atoms with Gasteiger partial charge in [0.1, 0.15) is 0 Å². The topological polar surface area (TPSA) is 49.4 Å². The molecule has 4 nitrogen and oxygen atoms in total. The summed E-state index contributed by atoms with van der Waals surface area (Å²) in [6.45, 7) is 7.18. The lowest BCUT2D eigenvalue weighted by Crippen LogP contribution is -2.38. The van der Waals surface area contributed by atoms with Crippen molar-refractivity contribution in [2.24, 2.45) is 5.92 Å². The maximum atomic E-state index is 12.1. The van der Waals surface area contributed by atoms with E-state index in [1.165, 1.54) is 5.56 Å². The lowest BCUT2D eigenvalue weighted by Gasteiger charge is -2.18. The molecule has 2 atom stereocenters. The van der Waals surface area contributed by atoms with Gasteiger partial charge in [-0.05, 0) is 25.8 Å². The van der Waals surface area contributed by atoms with E-state index in [4.69, 9.17) is 0 Å². The third kappa shape index (κ3) is 4.06. The molecule has 1 aromatic carbocycles. The molecule has 114 valence electrons. The zero-order chi connectivity index (χ0) is 15.4. The summed E-state index contributed by atoms with van der Waals surface area (Å²) in [5.41, 5.74) is 2.31. The monoisotopic (exact) mass is 288 g/mol.